The van der Waals surface area contributed by atoms with Crippen molar-refractivity contribution in [2.75, 3.05) is 5.32 Å². The lowest BCUT2D eigenvalue weighted by Gasteiger charge is -2.07. The van der Waals surface area contributed by atoms with Gasteiger partial charge < -0.3 is 10.6 Å². The van der Waals surface area contributed by atoms with Gasteiger partial charge in [-0.05, 0) is 18.9 Å². The number of benzene rings is 1. The Balaban J connectivity index is 2.04. The molecule has 2 N–H and O–H groups in total. The summed E-state index contributed by atoms with van der Waals surface area (Å²) in [6, 6.07) is 2.74. The number of urea groups is 1. The van der Waals surface area contributed by atoms with Crippen molar-refractivity contribution >= 4 is 17.4 Å². The number of nitro benzene ring substituents is 1. The van der Waals surface area contributed by atoms with Crippen LogP contribution in [0, 0.1) is 15.9 Å². The van der Waals surface area contributed by atoms with Gasteiger partial charge in [0.2, 0.25) is 0 Å². The Labute approximate surface area is 96.0 Å². The molecule has 7 heteroatoms. The van der Waals surface area contributed by atoms with E-state index in [1.54, 1.807) is 0 Å². The number of non-ortho nitro benzene ring substituents is 1. The van der Waals surface area contributed by atoms with E-state index in [0.29, 0.717) is 0 Å². The number of anilines is 1. The first-order valence-corrected chi connectivity index (χ1v) is 5.08. The summed E-state index contributed by atoms with van der Waals surface area (Å²) in [6.45, 7) is 0. The van der Waals surface area contributed by atoms with Crippen molar-refractivity contribution in [1.29, 1.82) is 0 Å². The molecule has 0 bridgehead atoms. The number of amides is 2. The molecule has 2 rings (SSSR count). The highest BCUT2D eigenvalue weighted by Crippen LogP contribution is 2.21. The summed E-state index contributed by atoms with van der Waals surface area (Å²) in [6.07, 6.45) is 1.85. The van der Waals surface area contributed by atoms with Gasteiger partial charge in [-0.3, -0.25) is 10.1 Å². The van der Waals surface area contributed by atoms with E-state index in [0.717, 1.165) is 25.0 Å². The summed E-state index contributed by atoms with van der Waals surface area (Å²) < 4.78 is 13.4. The van der Waals surface area contributed by atoms with Gasteiger partial charge in [0.15, 0.2) is 5.82 Å². The second-order valence-corrected chi connectivity index (χ2v) is 3.79. The van der Waals surface area contributed by atoms with Crippen LogP contribution in [0.25, 0.3) is 0 Å². The van der Waals surface area contributed by atoms with E-state index in [2.05, 4.69) is 10.6 Å². The van der Waals surface area contributed by atoms with E-state index in [9.17, 15) is 19.3 Å². The van der Waals surface area contributed by atoms with Crippen LogP contribution in [-0.2, 0) is 0 Å². The molecule has 2 amide bonds. The summed E-state index contributed by atoms with van der Waals surface area (Å²) in [5.41, 5.74) is -0.426. The fraction of sp³-hybridized carbons (Fsp3) is 0.300. The largest absolute Gasteiger partial charge is 0.335 e. The van der Waals surface area contributed by atoms with Crippen LogP contribution in [0.2, 0.25) is 0 Å². The number of nitro groups is 1. The molecule has 1 aliphatic carbocycles. The molecule has 90 valence electrons. The molecule has 0 radical (unpaired) electrons. The molecule has 1 aromatic rings. The zero-order chi connectivity index (χ0) is 12.4. The van der Waals surface area contributed by atoms with Crippen LogP contribution in [0.1, 0.15) is 12.8 Å². The standard InChI is InChI=1S/C10H10FN3O3/c11-8-5-7(14(16)17)3-4-9(8)13-10(15)12-6-1-2-6/h3-6H,1-2H2,(H2,12,13,15). The molecule has 0 aromatic heterocycles. The predicted molar refractivity (Wildman–Crippen MR) is 58.2 cm³/mol. The third-order valence-corrected chi connectivity index (χ3v) is 2.32. The number of nitrogens with one attached hydrogen (secondary N) is 2. The number of nitrogens with zero attached hydrogens (tertiary/aromatic N) is 1. The minimum atomic E-state index is -0.829. The zero-order valence-corrected chi connectivity index (χ0v) is 8.77. The first-order valence-electron chi connectivity index (χ1n) is 5.08. The molecule has 0 heterocycles. The lowest BCUT2D eigenvalue weighted by Crippen LogP contribution is -2.30. The van der Waals surface area contributed by atoms with Gasteiger partial charge in [-0.15, -0.1) is 0 Å². The van der Waals surface area contributed by atoms with Gasteiger partial charge >= 0.3 is 6.03 Å². The van der Waals surface area contributed by atoms with E-state index in [-0.39, 0.29) is 17.4 Å². The van der Waals surface area contributed by atoms with Crippen LogP contribution >= 0.6 is 0 Å². The zero-order valence-electron chi connectivity index (χ0n) is 8.77. The Kier molecular flexibility index (Phi) is 2.90. The third kappa shape index (κ3) is 2.90. The minimum Gasteiger partial charge on any atom is -0.335 e. The minimum absolute atomic E-state index is 0.0752. The molecule has 1 fully saturated rings. The fourth-order valence-electron chi connectivity index (χ4n) is 1.29. The molecule has 0 atom stereocenters. The van der Waals surface area contributed by atoms with Crippen molar-refractivity contribution in [3.8, 4) is 0 Å². The van der Waals surface area contributed by atoms with Crippen LogP contribution in [0.4, 0.5) is 20.6 Å². The van der Waals surface area contributed by atoms with Gasteiger partial charge in [0.25, 0.3) is 5.69 Å². The Hall–Kier alpha value is -2.18. The lowest BCUT2D eigenvalue weighted by atomic mass is 10.2. The van der Waals surface area contributed by atoms with Crippen LogP contribution in [-0.4, -0.2) is 17.0 Å². The SMILES string of the molecule is O=C(Nc1ccc([N+](=O)[O-])cc1F)NC1CC1. The molecule has 1 aliphatic rings. The number of halogens is 1. The van der Waals surface area contributed by atoms with Crippen LogP contribution < -0.4 is 10.6 Å². The van der Waals surface area contributed by atoms with Crippen molar-refractivity contribution in [2.24, 2.45) is 0 Å². The van der Waals surface area contributed by atoms with E-state index in [4.69, 9.17) is 0 Å². The normalized spacial score (nSPS) is 14.2. The number of rotatable bonds is 3. The second-order valence-electron chi connectivity index (χ2n) is 3.79. The predicted octanol–water partition coefficient (Wildman–Crippen LogP) is 2.02. The van der Waals surface area contributed by atoms with Gasteiger partial charge in [-0.2, -0.15) is 0 Å². The maximum absolute atomic E-state index is 13.4. The molecular weight excluding hydrogens is 229 g/mol. The van der Waals surface area contributed by atoms with Crippen LogP contribution in [0.3, 0.4) is 0 Å². The molecule has 0 aliphatic heterocycles. The summed E-state index contributed by atoms with van der Waals surface area (Å²) in [5.74, 6) is -0.829. The summed E-state index contributed by atoms with van der Waals surface area (Å²) in [7, 11) is 0. The average Bonchev–Trinajstić information content (AvgIpc) is 3.04. The van der Waals surface area contributed by atoms with Crippen molar-refractivity contribution in [2.45, 2.75) is 18.9 Å². The first-order chi connectivity index (χ1) is 8.06. The molecule has 0 spiro atoms. The lowest BCUT2D eigenvalue weighted by molar-refractivity contribution is -0.385. The smallest absolute Gasteiger partial charge is 0.319 e. The monoisotopic (exact) mass is 239 g/mol. The topological polar surface area (TPSA) is 84.3 Å². The van der Waals surface area contributed by atoms with E-state index in [1.165, 1.54) is 6.07 Å². The van der Waals surface area contributed by atoms with Gasteiger partial charge in [0.1, 0.15) is 0 Å². The molecule has 17 heavy (non-hydrogen) atoms. The van der Waals surface area contributed by atoms with Gasteiger partial charge in [-0.1, -0.05) is 0 Å². The van der Waals surface area contributed by atoms with Gasteiger partial charge in [0.05, 0.1) is 16.7 Å². The van der Waals surface area contributed by atoms with Gasteiger partial charge in [0, 0.05) is 12.1 Å². The second kappa shape index (κ2) is 4.36. The number of carbonyl (C=O) groups is 1. The van der Waals surface area contributed by atoms with Crippen molar-refractivity contribution < 1.29 is 14.1 Å². The molecule has 0 unspecified atom stereocenters. The van der Waals surface area contributed by atoms with Crippen molar-refractivity contribution in [1.82, 2.24) is 5.32 Å². The van der Waals surface area contributed by atoms with E-state index >= 15 is 0 Å². The molecule has 0 saturated heterocycles. The van der Waals surface area contributed by atoms with Crippen molar-refractivity contribution in [3.63, 3.8) is 0 Å². The number of hydrogen-bond acceptors (Lipinski definition) is 3. The summed E-state index contributed by atoms with van der Waals surface area (Å²) in [4.78, 5) is 21.0. The van der Waals surface area contributed by atoms with Crippen LogP contribution in [0.5, 0.6) is 0 Å². The summed E-state index contributed by atoms with van der Waals surface area (Å²) >= 11 is 0. The Morgan fingerprint density at radius 3 is 2.71 bits per heavy atom. The number of carbonyl (C=O) groups excluding carboxylic acids is 1. The third-order valence-electron chi connectivity index (χ3n) is 2.32. The first kappa shape index (κ1) is 11.3. The Bertz CT molecular complexity index is 474. The molecule has 1 aromatic carbocycles. The van der Waals surface area contributed by atoms with Crippen LogP contribution in [0.15, 0.2) is 18.2 Å². The van der Waals surface area contributed by atoms with Gasteiger partial charge in [-0.25, -0.2) is 9.18 Å². The highest BCUT2D eigenvalue weighted by Gasteiger charge is 2.23. The maximum atomic E-state index is 13.4. The molecule has 1 saturated carbocycles. The van der Waals surface area contributed by atoms with E-state index < -0.39 is 16.8 Å². The Morgan fingerprint density at radius 1 is 1.47 bits per heavy atom. The highest BCUT2D eigenvalue weighted by molar-refractivity contribution is 5.89. The number of hydrogen-bond donors (Lipinski definition) is 2. The molecular formula is C10H10FN3O3. The van der Waals surface area contributed by atoms with E-state index in [1.807, 2.05) is 0 Å². The molecule has 6 nitrogen and oxygen atoms in total. The maximum Gasteiger partial charge on any atom is 0.319 e. The Morgan fingerprint density at radius 2 is 2.18 bits per heavy atom. The quantitative estimate of drug-likeness (QED) is 0.625. The average molecular weight is 239 g/mol. The highest BCUT2D eigenvalue weighted by atomic mass is 19.1. The summed E-state index contributed by atoms with van der Waals surface area (Å²) in [5, 5.41) is 15.3. The fourth-order valence-corrected chi connectivity index (χ4v) is 1.29. The van der Waals surface area contributed by atoms with Crippen molar-refractivity contribution in [3.05, 3.63) is 34.1 Å².